The highest BCUT2D eigenvalue weighted by Gasteiger charge is 2.15. The number of fused-ring (bicyclic) bond motifs is 1. The molecule has 1 aromatic heterocycles. The smallest absolute Gasteiger partial charge is 0.169 e. The molecule has 0 saturated heterocycles. The second kappa shape index (κ2) is 4.49. The van der Waals surface area contributed by atoms with Crippen LogP contribution in [0.5, 0.6) is 0 Å². The summed E-state index contributed by atoms with van der Waals surface area (Å²) in [5.41, 5.74) is 1.42. The van der Waals surface area contributed by atoms with E-state index in [9.17, 15) is 4.39 Å². The first-order chi connectivity index (χ1) is 8.34. The molecular formula is C14H16FNO. The van der Waals surface area contributed by atoms with E-state index in [0.29, 0.717) is 11.6 Å². The molecule has 0 spiro atoms. The monoisotopic (exact) mass is 233 g/mol. The van der Waals surface area contributed by atoms with Gasteiger partial charge in [0, 0.05) is 23.5 Å². The Kier molecular flexibility index (Phi) is 2.85. The fourth-order valence-corrected chi connectivity index (χ4v) is 2.60. The van der Waals surface area contributed by atoms with E-state index >= 15 is 0 Å². The normalized spacial score (nSPS) is 17.0. The van der Waals surface area contributed by atoms with Crippen LogP contribution in [0.3, 0.4) is 0 Å². The maximum Gasteiger partial charge on any atom is 0.169 e. The molecule has 1 saturated carbocycles. The average Bonchev–Trinajstić information content (AvgIpc) is 2.95. The van der Waals surface area contributed by atoms with Gasteiger partial charge in [-0.15, -0.1) is 0 Å². The van der Waals surface area contributed by atoms with Crippen molar-refractivity contribution in [3.8, 4) is 0 Å². The van der Waals surface area contributed by atoms with Crippen LogP contribution in [0.2, 0.25) is 0 Å². The molecule has 90 valence electrons. The summed E-state index contributed by atoms with van der Waals surface area (Å²) in [6, 6.07) is 5.69. The molecule has 3 heteroatoms. The van der Waals surface area contributed by atoms with Gasteiger partial charge in [0.2, 0.25) is 0 Å². The third kappa shape index (κ3) is 2.07. The zero-order valence-corrected chi connectivity index (χ0v) is 9.71. The minimum absolute atomic E-state index is 0.283. The van der Waals surface area contributed by atoms with E-state index in [1.54, 1.807) is 12.3 Å². The highest BCUT2D eigenvalue weighted by molar-refractivity contribution is 5.81. The van der Waals surface area contributed by atoms with Crippen LogP contribution >= 0.6 is 0 Å². The van der Waals surface area contributed by atoms with Crippen molar-refractivity contribution in [1.29, 1.82) is 0 Å². The first-order valence-corrected chi connectivity index (χ1v) is 6.22. The number of para-hydroxylation sites is 1. The van der Waals surface area contributed by atoms with Gasteiger partial charge in [0.15, 0.2) is 11.4 Å². The van der Waals surface area contributed by atoms with Gasteiger partial charge in [-0.3, -0.25) is 0 Å². The molecule has 0 amide bonds. The Morgan fingerprint density at radius 2 is 2.12 bits per heavy atom. The number of hydrogen-bond acceptors (Lipinski definition) is 2. The van der Waals surface area contributed by atoms with Crippen molar-refractivity contribution in [2.75, 3.05) is 0 Å². The lowest BCUT2D eigenvalue weighted by Crippen LogP contribution is -2.25. The van der Waals surface area contributed by atoms with Gasteiger partial charge in [0.05, 0.1) is 6.26 Å². The molecule has 1 N–H and O–H groups in total. The fraction of sp³-hybridized carbons (Fsp3) is 0.429. The van der Waals surface area contributed by atoms with Crippen molar-refractivity contribution in [1.82, 2.24) is 5.32 Å². The lowest BCUT2D eigenvalue weighted by atomic mass is 10.1. The zero-order valence-electron chi connectivity index (χ0n) is 9.71. The molecule has 1 aliphatic carbocycles. The predicted octanol–water partition coefficient (Wildman–Crippen LogP) is 3.60. The maximum atomic E-state index is 13.4. The van der Waals surface area contributed by atoms with Crippen molar-refractivity contribution >= 4 is 11.0 Å². The van der Waals surface area contributed by atoms with Crippen molar-refractivity contribution in [2.45, 2.75) is 38.3 Å². The highest BCUT2D eigenvalue weighted by Crippen LogP contribution is 2.24. The number of nitrogens with one attached hydrogen (secondary N) is 1. The Bertz CT molecular complexity index is 514. The van der Waals surface area contributed by atoms with Crippen LogP contribution in [-0.2, 0) is 6.54 Å². The number of halogens is 1. The lowest BCUT2D eigenvalue weighted by Gasteiger charge is -2.10. The average molecular weight is 233 g/mol. The van der Waals surface area contributed by atoms with Crippen LogP contribution in [0.15, 0.2) is 28.9 Å². The lowest BCUT2D eigenvalue weighted by molar-refractivity contribution is 0.518. The van der Waals surface area contributed by atoms with E-state index in [1.165, 1.54) is 31.7 Å². The van der Waals surface area contributed by atoms with Gasteiger partial charge in [-0.05, 0) is 18.9 Å². The molecule has 1 fully saturated rings. The molecule has 0 bridgehead atoms. The Balaban J connectivity index is 1.78. The summed E-state index contributed by atoms with van der Waals surface area (Å²) in [5, 5.41) is 4.40. The largest absolute Gasteiger partial charge is 0.461 e. The summed E-state index contributed by atoms with van der Waals surface area (Å²) < 4.78 is 18.7. The van der Waals surface area contributed by atoms with Crippen molar-refractivity contribution in [3.05, 3.63) is 35.8 Å². The molecule has 0 unspecified atom stereocenters. The van der Waals surface area contributed by atoms with E-state index in [2.05, 4.69) is 5.32 Å². The molecule has 17 heavy (non-hydrogen) atoms. The molecule has 0 aliphatic heterocycles. The molecular weight excluding hydrogens is 217 g/mol. The Hall–Kier alpha value is -1.35. The third-order valence-corrected chi connectivity index (χ3v) is 3.57. The molecule has 3 rings (SSSR count). The Morgan fingerprint density at radius 1 is 1.29 bits per heavy atom. The summed E-state index contributed by atoms with van der Waals surface area (Å²) in [6.07, 6.45) is 6.81. The zero-order chi connectivity index (χ0) is 11.7. The van der Waals surface area contributed by atoms with Gasteiger partial charge < -0.3 is 9.73 Å². The van der Waals surface area contributed by atoms with E-state index in [4.69, 9.17) is 4.42 Å². The van der Waals surface area contributed by atoms with Gasteiger partial charge in [0.25, 0.3) is 0 Å². The van der Waals surface area contributed by atoms with E-state index in [1.807, 2.05) is 6.07 Å². The number of benzene rings is 1. The molecule has 0 radical (unpaired) electrons. The highest BCUT2D eigenvalue weighted by atomic mass is 19.1. The molecule has 2 nitrogen and oxygen atoms in total. The van der Waals surface area contributed by atoms with E-state index in [0.717, 1.165) is 17.5 Å². The van der Waals surface area contributed by atoms with Gasteiger partial charge in [0.1, 0.15) is 0 Å². The predicted molar refractivity (Wildman–Crippen MR) is 65.3 cm³/mol. The minimum atomic E-state index is -0.283. The summed E-state index contributed by atoms with van der Waals surface area (Å²) in [7, 11) is 0. The van der Waals surface area contributed by atoms with Crippen LogP contribution in [-0.4, -0.2) is 6.04 Å². The van der Waals surface area contributed by atoms with Crippen molar-refractivity contribution in [3.63, 3.8) is 0 Å². The van der Waals surface area contributed by atoms with Gasteiger partial charge in [-0.2, -0.15) is 0 Å². The van der Waals surface area contributed by atoms with Crippen LogP contribution in [0.25, 0.3) is 11.0 Å². The Labute approximate surface area is 99.8 Å². The standard InChI is InChI=1S/C14H16FNO/c15-13-7-3-6-12-10(9-17-14(12)13)8-16-11-4-1-2-5-11/h3,6-7,9,11,16H,1-2,4-5,8H2. The maximum absolute atomic E-state index is 13.4. The van der Waals surface area contributed by atoms with Crippen molar-refractivity contribution in [2.24, 2.45) is 0 Å². The Morgan fingerprint density at radius 3 is 2.94 bits per heavy atom. The number of rotatable bonds is 3. The van der Waals surface area contributed by atoms with Crippen LogP contribution in [0.4, 0.5) is 4.39 Å². The van der Waals surface area contributed by atoms with Crippen molar-refractivity contribution < 1.29 is 8.81 Å². The van der Waals surface area contributed by atoms with Crippen LogP contribution in [0, 0.1) is 5.82 Å². The topological polar surface area (TPSA) is 25.2 Å². The number of hydrogen-bond donors (Lipinski definition) is 1. The first-order valence-electron chi connectivity index (χ1n) is 6.22. The summed E-state index contributed by atoms with van der Waals surface area (Å²) in [5.74, 6) is -0.283. The fourth-order valence-electron chi connectivity index (χ4n) is 2.60. The third-order valence-electron chi connectivity index (χ3n) is 3.57. The van der Waals surface area contributed by atoms with Gasteiger partial charge >= 0.3 is 0 Å². The summed E-state index contributed by atoms with van der Waals surface area (Å²) >= 11 is 0. The summed E-state index contributed by atoms with van der Waals surface area (Å²) in [4.78, 5) is 0. The minimum Gasteiger partial charge on any atom is -0.461 e. The number of furan rings is 1. The second-order valence-corrected chi connectivity index (χ2v) is 4.74. The van der Waals surface area contributed by atoms with Crippen LogP contribution < -0.4 is 5.32 Å². The van der Waals surface area contributed by atoms with E-state index in [-0.39, 0.29) is 5.82 Å². The van der Waals surface area contributed by atoms with Gasteiger partial charge in [-0.25, -0.2) is 4.39 Å². The molecule has 1 aromatic carbocycles. The molecule has 1 aliphatic rings. The summed E-state index contributed by atoms with van der Waals surface area (Å²) in [6.45, 7) is 0.765. The molecule has 0 atom stereocenters. The quantitative estimate of drug-likeness (QED) is 0.876. The molecule has 1 heterocycles. The van der Waals surface area contributed by atoms with Gasteiger partial charge in [-0.1, -0.05) is 25.0 Å². The van der Waals surface area contributed by atoms with E-state index < -0.39 is 0 Å². The first kappa shape index (κ1) is 10.8. The molecule has 2 aromatic rings. The second-order valence-electron chi connectivity index (χ2n) is 4.74. The SMILES string of the molecule is Fc1cccc2c(CNC3CCCC3)coc12. The van der Waals surface area contributed by atoms with Crippen LogP contribution in [0.1, 0.15) is 31.2 Å².